The van der Waals surface area contributed by atoms with Gasteiger partial charge in [0.05, 0.1) is 19.7 Å². The van der Waals surface area contributed by atoms with Gasteiger partial charge in [0.15, 0.2) is 0 Å². The summed E-state index contributed by atoms with van der Waals surface area (Å²) in [5, 5.41) is 2.59. The van der Waals surface area contributed by atoms with Crippen molar-refractivity contribution in [1.82, 2.24) is 0 Å². The number of hydrogen-bond donors (Lipinski definition) is 1. The van der Waals surface area contributed by atoms with E-state index >= 15 is 0 Å². The molecule has 2 nitrogen and oxygen atoms in total. The lowest BCUT2D eigenvalue weighted by atomic mass is 9.95. The summed E-state index contributed by atoms with van der Waals surface area (Å²) in [4.78, 5) is 0. The molecular formula is C16H24NO+. The Kier molecular flexibility index (Phi) is 3.55. The van der Waals surface area contributed by atoms with Crippen molar-refractivity contribution in [3.05, 3.63) is 29.8 Å². The molecule has 3 atom stereocenters. The largest absolute Gasteiger partial charge is 0.496 e. The fourth-order valence-corrected chi connectivity index (χ4v) is 3.95. The van der Waals surface area contributed by atoms with Crippen LogP contribution in [0.15, 0.2) is 24.3 Å². The molecule has 2 bridgehead atoms. The van der Waals surface area contributed by atoms with E-state index in [1.54, 1.807) is 7.11 Å². The molecule has 0 saturated heterocycles. The van der Waals surface area contributed by atoms with Crippen LogP contribution in [-0.4, -0.2) is 19.7 Å². The molecule has 0 radical (unpaired) electrons. The second kappa shape index (κ2) is 5.31. The third-order valence-electron chi connectivity index (χ3n) is 4.87. The minimum atomic E-state index is 0.915. The Bertz CT molecular complexity index is 404. The van der Waals surface area contributed by atoms with Gasteiger partial charge in [0.1, 0.15) is 5.75 Å². The van der Waals surface area contributed by atoms with Crippen LogP contribution in [0.1, 0.15) is 31.2 Å². The minimum absolute atomic E-state index is 0.915. The number of para-hydroxylation sites is 1. The Morgan fingerprint density at radius 3 is 2.83 bits per heavy atom. The summed E-state index contributed by atoms with van der Waals surface area (Å²) in [6, 6.07) is 9.32. The van der Waals surface area contributed by atoms with Crippen LogP contribution in [0.2, 0.25) is 0 Å². The molecule has 18 heavy (non-hydrogen) atoms. The minimum Gasteiger partial charge on any atom is -0.496 e. The highest BCUT2D eigenvalue weighted by molar-refractivity contribution is 5.33. The van der Waals surface area contributed by atoms with Gasteiger partial charge in [-0.05, 0) is 36.8 Å². The number of fused-ring (bicyclic) bond motifs is 2. The Hall–Kier alpha value is -1.02. The first-order valence-corrected chi connectivity index (χ1v) is 7.32. The van der Waals surface area contributed by atoms with E-state index in [4.69, 9.17) is 4.74 Å². The van der Waals surface area contributed by atoms with Crippen molar-refractivity contribution < 1.29 is 10.1 Å². The van der Waals surface area contributed by atoms with Crippen molar-refractivity contribution in [2.45, 2.75) is 38.1 Å². The summed E-state index contributed by atoms with van der Waals surface area (Å²) in [6.07, 6.45) is 7.09. The van der Waals surface area contributed by atoms with Crippen LogP contribution in [-0.2, 0) is 6.42 Å². The molecule has 2 aliphatic carbocycles. The zero-order valence-corrected chi connectivity index (χ0v) is 11.3. The lowest BCUT2D eigenvalue weighted by Gasteiger charge is -2.20. The molecule has 1 aromatic rings. The smallest absolute Gasteiger partial charge is 0.122 e. The summed E-state index contributed by atoms with van der Waals surface area (Å²) in [5.41, 5.74) is 1.35. The number of quaternary nitrogens is 1. The highest BCUT2D eigenvalue weighted by atomic mass is 16.5. The molecule has 1 aromatic carbocycles. The van der Waals surface area contributed by atoms with Crippen molar-refractivity contribution in [2.75, 3.05) is 13.7 Å². The molecule has 2 fully saturated rings. The SMILES string of the molecule is COc1ccccc1CC[NH2+][C@@H]1C[C@@H]2CC[C@@H]1C2. The molecule has 2 N–H and O–H groups in total. The summed E-state index contributed by atoms with van der Waals surface area (Å²) in [7, 11) is 1.76. The maximum atomic E-state index is 5.40. The van der Waals surface area contributed by atoms with Crippen molar-refractivity contribution in [1.29, 1.82) is 0 Å². The maximum Gasteiger partial charge on any atom is 0.122 e. The van der Waals surface area contributed by atoms with Gasteiger partial charge in [-0.3, -0.25) is 0 Å². The van der Waals surface area contributed by atoms with Gasteiger partial charge < -0.3 is 10.1 Å². The van der Waals surface area contributed by atoms with E-state index in [-0.39, 0.29) is 0 Å². The van der Waals surface area contributed by atoms with E-state index in [2.05, 4.69) is 23.5 Å². The fourth-order valence-electron chi connectivity index (χ4n) is 3.95. The number of rotatable bonds is 5. The van der Waals surface area contributed by atoms with Crippen LogP contribution in [0.4, 0.5) is 0 Å². The van der Waals surface area contributed by atoms with Crippen LogP contribution in [0.3, 0.4) is 0 Å². The number of methoxy groups -OCH3 is 1. The van der Waals surface area contributed by atoms with Gasteiger partial charge in [0, 0.05) is 18.8 Å². The van der Waals surface area contributed by atoms with E-state index < -0.39 is 0 Å². The molecule has 0 unspecified atom stereocenters. The molecule has 0 spiro atoms. The Labute approximate surface area is 110 Å². The molecule has 0 heterocycles. The summed E-state index contributed by atoms with van der Waals surface area (Å²) < 4.78 is 5.40. The number of nitrogens with two attached hydrogens (primary N) is 1. The normalized spacial score (nSPS) is 29.7. The zero-order valence-electron chi connectivity index (χ0n) is 11.3. The van der Waals surface area contributed by atoms with E-state index in [1.165, 1.54) is 37.8 Å². The first-order valence-electron chi connectivity index (χ1n) is 7.32. The number of hydrogen-bond acceptors (Lipinski definition) is 1. The van der Waals surface area contributed by atoms with Crippen molar-refractivity contribution in [3.8, 4) is 5.75 Å². The predicted molar refractivity (Wildman–Crippen MR) is 72.7 cm³/mol. The molecule has 2 saturated carbocycles. The van der Waals surface area contributed by atoms with Gasteiger partial charge in [0.2, 0.25) is 0 Å². The average Bonchev–Trinajstić information content (AvgIpc) is 3.02. The lowest BCUT2D eigenvalue weighted by molar-refractivity contribution is -0.694. The third-order valence-corrected chi connectivity index (χ3v) is 4.87. The Balaban J connectivity index is 1.50. The molecular weight excluding hydrogens is 222 g/mol. The molecule has 98 valence electrons. The molecule has 2 heteroatoms. The van der Waals surface area contributed by atoms with Gasteiger partial charge in [-0.15, -0.1) is 0 Å². The predicted octanol–water partition coefficient (Wildman–Crippen LogP) is 1.99. The maximum absolute atomic E-state index is 5.40. The van der Waals surface area contributed by atoms with Crippen LogP contribution < -0.4 is 10.1 Å². The first kappa shape index (κ1) is 12.0. The quantitative estimate of drug-likeness (QED) is 0.845. The van der Waals surface area contributed by atoms with Crippen molar-refractivity contribution >= 4 is 0 Å². The van der Waals surface area contributed by atoms with Crippen LogP contribution in [0.5, 0.6) is 5.75 Å². The standard InChI is InChI=1S/C16H23NO/c1-18-16-5-3-2-4-13(16)8-9-17-15-11-12-6-7-14(15)10-12/h2-5,12,14-15,17H,6-11H2,1H3/p+1/t12-,14-,15-/m1/s1. The van der Waals surface area contributed by atoms with E-state index in [0.29, 0.717) is 0 Å². The van der Waals surface area contributed by atoms with Crippen LogP contribution in [0.25, 0.3) is 0 Å². The Morgan fingerprint density at radius 2 is 2.11 bits per heavy atom. The van der Waals surface area contributed by atoms with Gasteiger partial charge in [0.25, 0.3) is 0 Å². The highest BCUT2D eigenvalue weighted by Crippen LogP contribution is 2.42. The molecule has 0 amide bonds. The number of ether oxygens (including phenoxy) is 1. The van der Waals surface area contributed by atoms with Gasteiger partial charge in [-0.2, -0.15) is 0 Å². The second-order valence-corrected chi connectivity index (χ2v) is 5.92. The summed E-state index contributed by atoms with van der Waals surface area (Å²) >= 11 is 0. The highest BCUT2D eigenvalue weighted by Gasteiger charge is 2.41. The van der Waals surface area contributed by atoms with Gasteiger partial charge in [-0.1, -0.05) is 18.2 Å². The number of benzene rings is 1. The van der Waals surface area contributed by atoms with E-state index in [0.717, 1.165) is 30.0 Å². The Morgan fingerprint density at radius 1 is 1.22 bits per heavy atom. The fraction of sp³-hybridized carbons (Fsp3) is 0.625. The lowest BCUT2D eigenvalue weighted by Crippen LogP contribution is -2.91. The third kappa shape index (κ3) is 2.39. The monoisotopic (exact) mass is 246 g/mol. The second-order valence-electron chi connectivity index (χ2n) is 5.92. The van der Waals surface area contributed by atoms with Gasteiger partial charge >= 0.3 is 0 Å². The van der Waals surface area contributed by atoms with Gasteiger partial charge in [-0.25, -0.2) is 0 Å². The van der Waals surface area contributed by atoms with Crippen molar-refractivity contribution in [2.24, 2.45) is 11.8 Å². The van der Waals surface area contributed by atoms with Crippen LogP contribution in [0, 0.1) is 11.8 Å². The first-order chi connectivity index (χ1) is 8.86. The molecule has 3 rings (SSSR count). The topological polar surface area (TPSA) is 25.8 Å². The zero-order chi connectivity index (χ0) is 12.4. The average molecular weight is 246 g/mol. The van der Waals surface area contributed by atoms with E-state index in [1.807, 2.05) is 6.07 Å². The molecule has 0 aliphatic heterocycles. The van der Waals surface area contributed by atoms with E-state index in [9.17, 15) is 0 Å². The summed E-state index contributed by atoms with van der Waals surface area (Å²) in [5.74, 6) is 3.12. The molecule has 2 aliphatic rings. The van der Waals surface area contributed by atoms with Crippen LogP contribution >= 0.6 is 0 Å². The summed E-state index contributed by atoms with van der Waals surface area (Å²) in [6.45, 7) is 1.20. The van der Waals surface area contributed by atoms with Crippen molar-refractivity contribution in [3.63, 3.8) is 0 Å². The molecule has 0 aromatic heterocycles.